The van der Waals surface area contributed by atoms with Gasteiger partial charge in [-0.2, -0.15) is 0 Å². The Morgan fingerprint density at radius 2 is 1.70 bits per heavy atom. The highest BCUT2D eigenvalue weighted by Crippen LogP contribution is 2.25. The minimum absolute atomic E-state index is 0.101. The van der Waals surface area contributed by atoms with Crippen molar-refractivity contribution in [1.29, 1.82) is 0 Å². The van der Waals surface area contributed by atoms with Crippen molar-refractivity contribution < 1.29 is 9.53 Å². The number of hydrogen-bond acceptors (Lipinski definition) is 3. The molecule has 1 atom stereocenters. The SMILES string of the molecule is Cc1cc(C)c(C)c(O[C@H](C)C(=O)Nc2ccc3c(c2)n(C)c(=O)n3C)c1. The summed E-state index contributed by atoms with van der Waals surface area (Å²) in [6.07, 6.45) is -0.653. The molecule has 1 heterocycles. The maximum absolute atomic E-state index is 12.6. The molecule has 1 N–H and O–H groups in total. The second-order valence-corrected chi connectivity index (χ2v) is 7.06. The van der Waals surface area contributed by atoms with Gasteiger partial charge in [-0.3, -0.25) is 13.9 Å². The second kappa shape index (κ2) is 6.95. The van der Waals surface area contributed by atoms with Gasteiger partial charge in [0.15, 0.2) is 6.10 Å². The van der Waals surface area contributed by atoms with E-state index in [-0.39, 0.29) is 11.6 Å². The van der Waals surface area contributed by atoms with Crippen LogP contribution in [0.5, 0.6) is 5.75 Å². The van der Waals surface area contributed by atoms with E-state index >= 15 is 0 Å². The fourth-order valence-electron chi connectivity index (χ4n) is 3.20. The standard InChI is InChI=1S/C21H25N3O3/c1-12-9-13(2)14(3)19(10-12)27-15(4)20(25)22-16-7-8-17-18(11-16)24(6)21(26)23(17)5/h7-11,15H,1-6H3,(H,22,25)/t15-/m1/s1. The van der Waals surface area contributed by atoms with Crippen molar-refractivity contribution >= 4 is 22.6 Å². The fourth-order valence-corrected chi connectivity index (χ4v) is 3.20. The first-order valence-electron chi connectivity index (χ1n) is 8.90. The molecule has 2 aromatic carbocycles. The van der Waals surface area contributed by atoms with Crippen molar-refractivity contribution in [2.24, 2.45) is 14.1 Å². The Bertz CT molecular complexity index is 1090. The van der Waals surface area contributed by atoms with Crippen LogP contribution in [0.2, 0.25) is 0 Å². The van der Waals surface area contributed by atoms with Gasteiger partial charge in [-0.25, -0.2) is 4.79 Å². The molecule has 0 aliphatic heterocycles. The molecule has 0 saturated carbocycles. The number of nitrogens with zero attached hydrogens (tertiary/aromatic N) is 2. The van der Waals surface area contributed by atoms with E-state index in [1.807, 2.05) is 32.9 Å². The van der Waals surface area contributed by atoms with Gasteiger partial charge in [0, 0.05) is 19.8 Å². The van der Waals surface area contributed by atoms with E-state index in [9.17, 15) is 9.59 Å². The van der Waals surface area contributed by atoms with Crippen LogP contribution in [-0.4, -0.2) is 21.1 Å². The summed E-state index contributed by atoms with van der Waals surface area (Å²) in [4.78, 5) is 24.6. The molecular weight excluding hydrogens is 342 g/mol. The van der Waals surface area contributed by atoms with Crippen molar-refractivity contribution in [3.05, 3.63) is 57.5 Å². The number of fused-ring (bicyclic) bond motifs is 1. The highest BCUT2D eigenvalue weighted by atomic mass is 16.5. The Morgan fingerprint density at radius 3 is 2.41 bits per heavy atom. The summed E-state index contributed by atoms with van der Waals surface area (Å²) in [5, 5.41) is 2.87. The van der Waals surface area contributed by atoms with E-state index in [4.69, 9.17) is 4.74 Å². The molecule has 1 amide bonds. The van der Waals surface area contributed by atoms with Gasteiger partial charge in [0.05, 0.1) is 11.0 Å². The maximum Gasteiger partial charge on any atom is 0.328 e. The zero-order chi connectivity index (χ0) is 19.9. The molecule has 6 heteroatoms. The van der Waals surface area contributed by atoms with Gasteiger partial charge in [-0.1, -0.05) is 6.07 Å². The number of hydrogen-bond donors (Lipinski definition) is 1. The summed E-state index contributed by atoms with van der Waals surface area (Å²) in [6, 6.07) is 9.44. The number of amides is 1. The Balaban J connectivity index is 1.80. The number of aromatic nitrogens is 2. The Labute approximate surface area is 158 Å². The van der Waals surface area contributed by atoms with Crippen LogP contribution in [0.4, 0.5) is 5.69 Å². The third-order valence-corrected chi connectivity index (χ3v) is 4.98. The van der Waals surface area contributed by atoms with Crippen molar-refractivity contribution in [2.75, 3.05) is 5.32 Å². The smallest absolute Gasteiger partial charge is 0.328 e. The molecule has 0 bridgehead atoms. The molecule has 3 rings (SSSR count). The van der Waals surface area contributed by atoms with Gasteiger partial charge in [0.25, 0.3) is 5.91 Å². The highest BCUT2D eigenvalue weighted by molar-refractivity contribution is 5.96. The highest BCUT2D eigenvalue weighted by Gasteiger charge is 2.17. The maximum atomic E-state index is 12.6. The number of nitrogens with one attached hydrogen (secondary N) is 1. The average Bonchev–Trinajstić information content (AvgIpc) is 2.83. The Morgan fingerprint density at radius 1 is 1.04 bits per heavy atom. The minimum Gasteiger partial charge on any atom is -0.481 e. The molecule has 0 radical (unpaired) electrons. The van der Waals surface area contributed by atoms with Crippen LogP contribution >= 0.6 is 0 Å². The monoisotopic (exact) mass is 367 g/mol. The molecule has 6 nitrogen and oxygen atoms in total. The number of aryl methyl sites for hydroxylation is 4. The summed E-state index contributed by atoms with van der Waals surface area (Å²) < 4.78 is 9.04. The van der Waals surface area contributed by atoms with Gasteiger partial charge >= 0.3 is 5.69 Å². The lowest BCUT2D eigenvalue weighted by Crippen LogP contribution is -2.30. The summed E-state index contributed by atoms with van der Waals surface area (Å²) in [6.45, 7) is 7.74. The lowest BCUT2D eigenvalue weighted by Gasteiger charge is -2.18. The molecule has 0 fully saturated rings. The molecule has 1 aromatic heterocycles. The zero-order valence-corrected chi connectivity index (χ0v) is 16.6. The van der Waals surface area contributed by atoms with E-state index in [1.165, 1.54) is 0 Å². The third-order valence-electron chi connectivity index (χ3n) is 4.98. The fraction of sp³-hybridized carbons (Fsp3) is 0.333. The van der Waals surface area contributed by atoms with E-state index in [0.717, 1.165) is 33.5 Å². The van der Waals surface area contributed by atoms with E-state index in [0.29, 0.717) is 5.69 Å². The van der Waals surface area contributed by atoms with E-state index in [1.54, 1.807) is 42.3 Å². The first-order chi connectivity index (χ1) is 12.7. The van der Waals surface area contributed by atoms with Crippen LogP contribution in [0.15, 0.2) is 35.1 Å². The van der Waals surface area contributed by atoms with Crippen molar-refractivity contribution in [3.63, 3.8) is 0 Å². The van der Waals surface area contributed by atoms with Gasteiger partial charge < -0.3 is 10.1 Å². The quantitative estimate of drug-likeness (QED) is 0.770. The molecule has 3 aromatic rings. The third kappa shape index (κ3) is 3.47. The van der Waals surface area contributed by atoms with E-state index < -0.39 is 6.10 Å². The van der Waals surface area contributed by atoms with Crippen LogP contribution in [0.25, 0.3) is 11.0 Å². The summed E-state index contributed by atoms with van der Waals surface area (Å²) >= 11 is 0. The van der Waals surface area contributed by atoms with Crippen LogP contribution in [0, 0.1) is 20.8 Å². The number of rotatable bonds is 4. The zero-order valence-electron chi connectivity index (χ0n) is 16.6. The predicted molar refractivity (Wildman–Crippen MR) is 108 cm³/mol. The normalized spacial score (nSPS) is 12.2. The molecule has 0 aliphatic carbocycles. The minimum atomic E-state index is -0.653. The topological polar surface area (TPSA) is 65.3 Å². The first-order valence-corrected chi connectivity index (χ1v) is 8.90. The first kappa shape index (κ1) is 18.8. The van der Waals surface area contributed by atoms with Gasteiger partial charge in [-0.15, -0.1) is 0 Å². The largest absolute Gasteiger partial charge is 0.481 e. The molecule has 142 valence electrons. The van der Waals surface area contributed by atoms with Gasteiger partial charge in [0.2, 0.25) is 0 Å². The predicted octanol–water partition coefficient (Wildman–Crippen LogP) is 3.21. The molecule has 0 saturated heterocycles. The van der Waals surface area contributed by atoms with Crippen LogP contribution in [0.3, 0.4) is 0 Å². The molecule has 0 unspecified atom stereocenters. The van der Waals surface area contributed by atoms with Crippen LogP contribution in [0.1, 0.15) is 23.6 Å². The lowest BCUT2D eigenvalue weighted by atomic mass is 10.1. The summed E-state index contributed by atoms with van der Waals surface area (Å²) in [7, 11) is 3.44. The summed E-state index contributed by atoms with van der Waals surface area (Å²) in [5.41, 5.74) is 5.36. The van der Waals surface area contributed by atoms with E-state index in [2.05, 4.69) is 11.4 Å². The number of carbonyl (C=O) groups excluding carboxylic acids is 1. The summed E-state index contributed by atoms with van der Waals surface area (Å²) in [5.74, 6) is 0.477. The number of imidazole rings is 1. The number of benzene rings is 2. The molecular formula is C21H25N3O3. The van der Waals surface area contributed by atoms with Gasteiger partial charge in [-0.05, 0) is 68.7 Å². The second-order valence-electron chi connectivity index (χ2n) is 7.06. The van der Waals surface area contributed by atoms with Gasteiger partial charge in [0.1, 0.15) is 5.75 Å². The number of ether oxygens (including phenoxy) is 1. The Kier molecular flexibility index (Phi) is 4.83. The van der Waals surface area contributed by atoms with Crippen molar-refractivity contribution in [3.8, 4) is 5.75 Å². The molecule has 27 heavy (non-hydrogen) atoms. The Hall–Kier alpha value is -3.02. The van der Waals surface area contributed by atoms with Crippen molar-refractivity contribution in [1.82, 2.24) is 9.13 Å². The molecule has 0 spiro atoms. The lowest BCUT2D eigenvalue weighted by molar-refractivity contribution is -0.122. The van der Waals surface area contributed by atoms with Crippen LogP contribution < -0.4 is 15.7 Å². The number of anilines is 1. The average molecular weight is 367 g/mol. The van der Waals surface area contributed by atoms with Crippen LogP contribution in [-0.2, 0) is 18.9 Å². The number of carbonyl (C=O) groups is 1. The molecule has 0 aliphatic rings. The van der Waals surface area contributed by atoms with Crippen molar-refractivity contribution in [2.45, 2.75) is 33.8 Å².